The van der Waals surface area contributed by atoms with Gasteiger partial charge in [0.2, 0.25) is 17.5 Å². The Balaban J connectivity index is 0.644. The molecule has 560 valence electrons. The molecule has 11 rings (SSSR count). The van der Waals surface area contributed by atoms with Crippen LogP contribution in [-0.4, -0.2) is 135 Å². The van der Waals surface area contributed by atoms with Crippen molar-refractivity contribution in [2.24, 2.45) is 0 Å². The van der Waals surface area contributed by atoms with Gasteiger partial charge in [0.1, 0.15) is 18.0 Å². The van der Waals surface area contributed by atoms with Crippen molar-refractivity contribution in [3.63, 3.8) is 0 Å². The number of carbonyl (C=O) groups is 2. The molecule has 0 saturated carbocycles. The number of fused-ring (bicyclic) bond motifs is 6. The average molecular weight is 1480 g/mol. The minimum absolute atomic E-state index is 0.0104. The lowest BCUT2D eigenvalue weighted by Crippen LogP contribution is -2.28. The molecule has 8 aromatic carbocycles. The van der Waals surface area contributed by atoms with E-state index < -0.39 is 25.2 Å². The average Bonchev–Trinajstić information content (AvgIpc) is 1.63. The van der Waals surface area contributed by atoms with E-state index in [0.717, 1.165) is 85.4 Å². The molecule has 3 unspecified atom stereocenters. The molecule has 0 spiro atoms. The molecule has 3 heterocycles. The summed E-state index contributed by atoms with van der Waals surface area (Å²) in [4.78, 5) is 42.1. The third kappa shape index (κ3) is 18.2. The maximum atomic E-state index is 13.5. The van der Waals surface area contributed by atoms with Crippen molar-refractivity contribution in [2.45, 2.75) is 146 Å². The molecule has 3 aliphatic heterocycles. The van der Waals surface area contributed by atoms with Gasteiger partial charge >= 0.3 is 0 Å². The number of aryl methyl sites for hydroxylation is 4. The zero-order valence-corrected chi connectivity index (χ0v) is 64.8. The molecule has 0 aromatic heterocycles. The van der Waals surface area contributed by atoms with Crippen LogP contribution in [0.4, 0.5) is 11.4 Å². The van der Waals surface area contributed by atoms with Gasteiger partial charge in [-0.05, 0) is 201 Å². The van der Waals surface area contributed by atoms with Crippen molar-refractivity contribution in [1.82, 2.24) is 20.6 Å². The molecular formula is C86H103N6O12S2+. The number of hydrogen-bond acceptors (Lipinski definition) is 14. The Morgan fingerprint density at radius 1 is 0.538 bits per heavy atom. The second-order valence-corrected chi connectivity index (χ2v) is 32.6. The molecule has 0 aliphatic carbocycles. The van der Waals surface area contributed by atoms with E-state index in [9.17, 15) is 26.4 Å². The Kier molecular flexibility index (Phi) is 25.7. The van der Waals surface area contributed by atoms with E-state index in [-0.39, 0.29) is 71.5 Å². The number of methoxy groups -OCH3 is 2. The van der Waals surface area contributed by atoms with Crippen molar-refractivity contribution < 1.29 is 59.6 Å². The maximum absolute atomic E-state index is 13.5. The summed E-state index contributed by atoms with van der Waals surface area (Å²) < 4.78 is 77.2. The first kappa shape index (κ1) is 78.2. The third-order valence-corrected chi connectivity index (χ3v) is 23.9. The van der Waals surface area contributed by atoms with Crippen molar-refractivity contribution in [2.75, 3.05) is 84.9 Å². The monoisotopic (exact) mass is 1480 g/mol. The molecule has 106 heavy (non-hydrogen) atoms. The number of nitrogens with one attached hydrogen (secondary N) is 3. The molecule has 1 fully saturated rings. The molecule has 8 aromatic rings. The van der Waals surface area contributed by atoms with Gasteiger partial charge < -0.3 is 34.5 Å². The Bertz CT molecular complexity index is 4820. The summed E-state index contributed by atoms with van der Waals surface area (Å²) in [7, 11) is -4.34. The second kappa shape index (κ2) is 34.8. The number of ether oxygens (including phenoxy) is 4. The van der Waals surface area contributed by atoms with Gasteiger partial charge in [0, 0.05) is 73.4 Å². The van der Waals surface area contributed by atoms with E-state index in [1.54, 1.807) is 38.5 Å². The molecule has 18 nitrogen and oxygen atoms in total. The summed E-state index contributed by atoms with van der Waals surface area (Å²) in [6.45, 7) is 23.3. The highest BCUT2D eigenvalue weighted by Gasteiger charge is 2.55. The number of benzene rings is 8. The fourth-order valence-corrected chi connectivity index (χ4v) is 17.8. The molecule has 20 heteroatoms. The summed E-state index contributed by atoms with van der Waals surface area (Å²) in [5, 5.41) is 11.8. The van der Waals surface area contributed by atoms with Gasteiger partial charge in [-0.3, -0.25) is 19.3 Å². The van der Waals surface area contributed by atoms with Crippen LogP contribution in [0.25, 0.3) is 43.8 Å². The van der Waals surface area contributed by atoms with Crippen molar-refractivity contribution in [3.8, 4) is 33.8 Å². The number of sulfonamides is 1. The first-order valence-electron chi connectivity index (χ1n) is 37.0. The van der Waals surface area contributed by atoms with Crippen LogP contribution in [-0.2, 0) is 59.4 Å². The molecule has 0 radical (unpaired) electrons. The lowest BCUT2D eigenvalue weighted by atomic mass is 9.78. The van der Waals surface area contributed by atoms with Gasteiger partial charge in [-0.25, -0.2) is 16.8 Å². The highest BCUT2D eigenvalue weighted by Crippen LogP contribution is 2.52. The Hall–Kier alpha value is -8.83. The van der Waals surface area contributed by atoms with E-state index in [2.05, 4.69) is 159 Å². The quantitative estimate of drug-likeness (QED) is 0.0109. The lowest BCUT2D eigenvalue weighted by Gasteiger charge is -2.27. The molecule has 0 bridgehead atoms. The van der Waals surface area contributed by atoms with Gasteiger partial charge in [0.05, 0.1) is 75.1 Å². The zero-order valence-electron chi connectivity index (χ0n) is 63.2. The molecular weight excluding hydrogens is 1370 g/mol. The smallest absolute Gasteiger partial charge is 0.262 e. The topological polar surface area (TPSA) is 203 Å². The fourth-order valence-electron chi connectivity index (χ4n) is 15.1. The molecule has 2 amide bonds. The molecule has 3 N–H and O–H groups in total. The van der Waals surface area contributed by atoms with Crippen LogP contribution in [0.1, 0.15) is 119 Å². The number of amides is 2. The normalized spacial score (nSPS) is 17.1. The van der Waals surface area contributed by atoms with E-state index >= 15 is 0 Å². The predicted molar refractivity (Wildman–Crippen MR) is 422 cm³/mol. The SMILES string of the molecule is COc1ccc(-c2ccc(S(=O)(=O)NOCCOCCNC(=O)CCCCCN3C(=CC=CC=CC4=[N+](CCCCCC(=O)NCCOCCON5C(C)C5S(=O)(=O)c5ccc(-c6ccc(OC)cc6)cc5)c5ccc6c(C)cc(C)cc6c5C4(C)C)C(C)(C)c4c3ccc3c(C)cc(C)cc43)cc2)cc1. The minimum atomic E-state index is -3.91. The van der Waals surface area contributed by atoms with Crippen LogP contribution >= 0.6 is 0 Å². The first-order valence-corrected chi connectivity index (χ1v) is 40.0. The number of hydroxylamine groups is 2. The number of carbonyl (C=O) groups excluding carboxylic acids is 2. The van der Waals surface area contributed by atoms with Gasteiger partial charge in [0.25, 0.3) is 10.0 Å². The standard InChI is InChI=1S/C86H102N6O12S2/c1-59-55-61(3)72-41-43-76-82(74(72)57-59)85(6,7)78(90(76)47-19-13-17-23-80(93)87-45-49-101-51-53-103-89-106(97,98)71-39-31-67(32-40-71)65-27-35-69(100-11)36-28-65)21-15-12-16-22-79-86(8,9)83-75-58-60(2)56-62(4)73(75)42-44-77(83)91(79)48-20-14-18-24-81(94)88-46-50-102-52-54-104-92-63(5)84(92)105(95,96)70-37-29-66(30-38-70)64-25-33-68(99-10)34-26-64/h12,15-16,21-22,25-44,55-58,63,84,89H,13-14,17-20,23-24,45-54H2,1-11H3,(H-,87,88,93,94)/p+1. The maximum Gasteiger partial charge on any atom is 0.262 e. The van der Waals surface area contributed by atoms with E-state index in [1.807, 2.05) is 67.6 Å². The molecule has 3 atom stereocenters. The summed E-state index contributed by atoms with van der Waals surface area (Å²) in [5.74, 6) is 1.43. The van der Waals surface area contributed by atoms with Gasteiger partial charge in [-0.15, -0.1) is 0 Å². The number of nitrogens with zero attached hydrogens (tertiary/aromatic N) is 3. The second-order valence-electron chi connectivity index (χ2n) is 28.9. The number of rotatable bonds is 37. The first-order chi connectivity index (χ1) is 50.9. The molecule has 3 aliphatic rings. The van der Waals surface area contributed by atoms with Gasteiger partial charge in [-0.2, -0.15) is 9.64 Å². The summed E-state index contributed by atoms with van der Waals surface area (Å²) in [5.41, 5.74) is 15.6. The highest BCUT2D eigenvalue weighted by molar-refractivity contribution is 7.92. The van der Waals surface area contributed by atoms with Gasteiger partial charge in [0.15, 0.2) is 20.9 Å². The summed E-state index contributed by atoms with van der Waals surface area (Å²) in [6, 6.07) is 46.6. The predicted octanol–water partition coefficient (Wildman–Crippen LogP) is 15.5. The van der Waals surface area contributed by atoms with Crippen LogP contribution < -0.4 is 29.9 Å². The number of hydrogen-bond donors (Lipinski definition) is 3. The highest BCUT2D eigenvalue weighted by atomic mass is 32.2. The third-order valence-electron chi connectivity index (χ3n) is 20.5. The van der Waals surface area contributed by atoms with E-state index in [1.165, 1.54) is 94.9 Å². The van der Waals surface area contributed by atoms with Crippen molar-refractivity contribution in [1.29, 1.82) is 0 Å². The number of allylic oxidation sites excluding steroid dienone is 6. The summed E-state index contributed by atoms with van der Waals surface area (Å²) >= 11 is 0. The van der Waals surface area contributed by atoms with E-state index in [0.29, 0.717) is 32.5 Å². The van der Waals surface area contributed by atoms with Crippen molar-refractivity contribution >= 4 is 70.3 Å². The van der Waals surface area contributed by atoms with Crippen LogP contribution in [0, 0.1) is 27.7 Å². The summed E-state index contributed by atoms with van der Waals surface area (Å²) in [6.07, 6.45) is 16.9. The van der Waals surface area contributed by atoms with Crippen LogP contribution in [0.5, 0.6) is 11.5 Å². The lowest BCUT2D eigenvalue weighted by molar-refractivity contribution is -0.438. The fraction of sp³-hybridized carbons (Fsp3) is 0.384. The van der Waals surface area contributed by atoms with Crippen LogP contribution in [0.2, 0.25) is 0 Å². The minimum Gasteiger partial charge on any atom is -0.497 e. The van der Waals surface area contributed by atoms with Gasteiger partial charge in [-0.1, -0.05) is 133 Å². The Morgan fingerprint density at radius 2 is 1.06 bits per heavy atom. The van der Waals surface area contributed by atoms with E-state index in [4.69, 9.17) is 28.6 Å². The number of unbranched alkanes of at least 4 members (excludes halogenated alkanes) is 4. The van der Waals surface area contributed by atoms with Crippen LogP contribution in [0.3, 0.4) is 0 Å². The van der Waals surface area contributed by atoms with Crippen molar-refractivity contribution in [3.05, 3.63) is 215 Å². The largest absolute Gasteiger partial charge is 0.497 e. The number of sulfone groups is 1. The Labute approximate surface area is 626 Å². The Morgan fingerprint density at radius 3 is 1.62 bits per heavy atom. The number of anilines is 1. The zero-order chi connectivity index (χ0) is 75.3. The van der Waals surface area contributed by atoms with Crippen LogP contribution in [0.15, 0.2) is 191 Å². The molecule has 1 saturated heterocycles.